The standard InChI is InChI=1S/C8H9NO3/c10-5-7-6-3-1-2-4-9(6)8(11)12-7/h1,3,5-7H,2,4H2. The molecule has 0 aromatic heterocycles. The van der Waals surface area contributed by atoms with Gasteiger partial charge in [0.15, 0.2) is 12.4 Å². The van der Waals surface area contributed by atoms with Gasteiger partial charge in [-0.15, -0.1) is 0 Å². The highest BCUT2D eigenvalue weighted by atomic mass is 16.6. The summed E-state index contributed by atoms with van der Waals surface area (Å²) < 4.78 is 4.83. The molecule has 0 saturated carbocycles. The lowest BCUT2D eigenvalue weighted by Crippen LogP contribution is -2.38. The van der Waals surface area contributed by atoms with Gasteiger partial charge in [-0.25, -0.2) is 4.79 Å². The van der Waals surface area contributed by atoms with E-state index in [2.05, 4.69) is 0 Å². The molecule has 0 N–H and O–H groups in total. The SMILES string of the molecule is O=CC1OC(=O)N2CCC=CC12. The van der Waals surface area contributed by atoms with Gasteiger partial charge in [-0.05, 0) is 6.42 Å². The largest absolute Gasteiger partial charge is 0.436 e. The third kappa shape index (κ3) is 0.913. The molecule has 2 aliphatic heterocycles. The maximum atomic E-state index is 11.1. The molecule has 2 unspecified atom stereocenters. The molecular weight excluding hydrogens is 158 g/mol. The van der Waals surface area contributed by atoms with E-state index in [9.17, 15) is 9.59 Å². The van der Waals surface area contributed by atoms with Crippen LogP contribution in [0, 0.1) is 0 Å². The molecule has 0 aromatic rings. The minimum absolute atomic E-state index is 0.163. The molecule has 0 aromatic carbocycles. The lowest BCUT2D eigenvalue weighted by atomic mass is 10.1. The van der Waals surface area contributed by atoms with Crippen molar-refractivity contribution in [3.63, 3.8) is 0 Å². The second-order valence-corrected chi connectivity index (χ2v) is 2.89. The Kier molecular flexibility index (Phi) is 1.60. The van der Waals surface area contributed by atoms with Gasteiger partial charge >= 0.3 is 6.09 Å². The van der Waals surface area contributed by atoms with Crippen LogP contribution >= 0.6 is 0 Å². The van der Waals surface area contributed by atoms with Crippen molar-refractivity contribution in [1.82, 2.24) is 4.90 Å². The molecule has 0 aliphatic carbocycles. The molecule has 4 heteroatoms. The zero-order valence-corrected chi connectivity index (χ0v) is 6.47. The molecule has 64 valence electrons. The zero-order chi connectivity index (χ0) is 8.55. The predicted molar refractivity (Wildman–Crippen MR) is 40.6 cm³/mol. The van der Waals surface area contributed by atoms with E-state index < -0.39 is 6.10 Å². The number of ether oxygens (including phenoxy) is 1. The van der Waals surface area contributed by atoms with E-state index in [1.54, 1.807) is 4.90 Å². The van der Waals surface area contributed by atoms with Gasteiger partial charge in [-0.1, -0.05) is 12.2 Å². The van der Waals surface area contributed by atoms with E-state index in [4.69, 9.17) is 4.74 Å². The van der Waals surface area contributed by atoms with Gasteiger partial charge < -0.3 is 4.74 Å². The Hall–Kier alpha value is -1.32. The minimum Gasteiger partial charge on any atom is -0.436 e. The van der Waals surface area contributed by atoms with E-state index in [0.29, 0.717) is 12.8 Å². The first-order valence-corrected chi connectivity index (χ1v) is 3.92. The number of nitrogens with zero attached hydrogens (tertiary/aromatic N) is 1. The van der Waals surface area contributed by atoms with Crippen molar-refractivity contribution in [2.75, 3.05) is 6.54 Å². The molecule has 2 rings (SSSR count). The van der Waals surface area contributed by atoms with Crippen LogP contribution in [0.5, 0.6) is 0 Å². The first kappa shape index (κ1) is 7.34. The van der Waals surface area contributed by atoms with Crippen LogP contribution in [0.25, 0.3) is 0 Å². The highest BCUT2D eigenvalue weighted by Gasteiger charge is 2.40. The van der Waals surface area contributed by atoms with Gasteiger partial charge in [-0.2, -0.15) is 0 Å². The van der Waals surface area contributed by atoms with E-state index in [0.717, 1.165) is 6.42 Å². The molecule has 2 atom stereocenters. The van der Waals surface area contributed by atoms with Crippen molar-refractivity contribution in [2.45, 2.75) is 18.6 Å². The molecular formula is C8H9NO3. The lowest BCUT2D eigenvalue weighted by Gasteiger charge is -2.22. The topological polar surface area (TPSA) is 46.6 Å². The van der Waals surface area contributed by atoms with E-state index in [1.165, 1.54) is 0 Å². The molecule has 2 heterocycles. The smallest absolute Gasteiger partial charge is 0.411 e. The average Bonchev–Trinajstić information content (AvgIpc) is 2.44. The monoisotopic (exact) mass is 167 g/mol. The first-order chi connectivity index (χ1) is 5.83. The highest BCUT2D eigenvalue weighted by molar-refractivity contribution is 5.77. The van der Waals surface area contributed by atoms with Crippen LogP contribution in [-0.4, -0.2) is 36.0 Å². The van der Waals surface area contributed by atoms with Crippen molar-refractivity contribution in [3.8, 4) is 0 Å². The fourth-order valence-corrected chi connectivity index (χ4v) is 1.56. The minimum atomic E-state index is -0.603. The molecule has 0 spiro atoms. The maximum absolute atomic E-state index is 11.1. The summed E-state index contributed by atoms with van der Waals surface area (Å²) in [6.07, 6.45) is 4.37. The highest BCUT2D eigenvalue weighted by Crippen LogP contribution is 2.22. The van der Waals surface area contributed by atoms with Crippen LogP contribution in [0.4, 0.5) is 4.79 Å². The summed E-state index contributed by atoms with van der Waals surface area (Å²) in [6, 6.07) is -0.163. The fourth-order valence-electron chi connectivity index (χ4n) is 1.56. The van der Waals surface area contributed by atoms with Crippen molar-refractivity contribution in [2.24, 2.45) is 0 Å². The van der Waals surface area contributed by atoms with E-state index >= 15 is 0 Å². The second-order valence-electron chi connectivity index (χ2n) is 2.89. The second kappa shape index (κ2) is 2.62. The molecule has 1 amide bonds. The Morgan fingerprint density at radius 3 is 3.25 bits per heavy atom. The number of amides is 1. The van der Waals surface area contributed by atoms with Crippen LogP contribution in [0.3, 0.4) is 0 Å². The number of carbonyl (C=O) groups excluding carboxylic acids is 2. The lowest BCUT2D eigenvalue weighted by molar-refractivity contribution is -0.114. The Bertz CT molecular complexity index is 249. The van der Waals surface area contributed by atoms with Crippen molar-refractivity contribution >= 4 is 12.4 Å². The predicted octanol–water partition coefficient (Wildman–Crippen LogP) is 0.335. The summed E-state index contributed by atoms with van der Waals surface area (Å²) in [7, 11) is 0. The normalized spacial score (nSPS) is 33.0. The van der Waals surface area contributed by atoms with Gasteiger partial charge in [-0.3, -0.25) is 9.69 Å². The Morgan fingerprint density at radius 1 is 1.67 bits per heavy atom. The van der Waals surface area contributed by atoms with Crippen LogP contribution < -0.4 is 0 Å². The summed E-state index contributed by atoms with van der Waals surface area (Å²) in [5.41, 5.74) is 0. The maximum Gasteiger partial charge on any atom is 0.411 e. The summed E-state index contributed by atoms with van der Waals surface area (Å²) >= 11 is 0. The zero-order valence-electron chi connectivity index (χ0n) is 6.47. The molecule has 0 bridgehead atoms. The van der Waals surface area contributed by atoms with Gasteiger partial charge in [0, 0.05) is 6.54 Å². The summed E-state index contributed by atoms with van der Waals surface area (Å²) in [6.45, 7) is 0.657. The molecule has 12 heavy (non-hydrogen) atoms. The first-order valence-electron chi connectivity index (χ1n) is 3.92. The Labute approximate surface area is 69.8 Å². The average molecular weight is 167 g/mol. The van der Waals surface area contributed by atoms with Gasteiger partial charge in [0.1, 0.15) is 0 Å². The Morgan fingerprint density at radius 2 is 2.50 bits per heavy atom. The quantitative estimate of drug-likeness (QED) is 0.417. The van der Waals surface area contributed by atoms with Gasteiger partial charge in [0.25, 0.3) is 0 Å². The van der Waals surface area contributed by atoms with Crippen molar-refractivity contribution in [1.29, 1.82) is 0 Å². The summed E-state index contributed by atoms with van der Waals surface area (Å²) in [5.74, 6) is 0. The number of rotatable bonds is 1. The molecule has 1 fully saturated rings. The molecule has 4 nitrogen and oxygen atoms in total. The number of aldehydes is 1. The fraction of sp³-hybridized carbons (Fsp3) is 0.500. The molecule has 2 aliphatic rings. The Balaban J connectivity index is 2.25. The number of carbonyl (C=O) groups is 2. The summed E-state index contributed by atoms with van der Waals surface area (Å²) in [5, 5.41) is 0. The van der Waals surface area contributed by atoms with Crippen LogP contribution in [0.15, 0.2) is 12.2 Å². The molecule has 0 radical (unpaired) electrons. The number of hydrogen-bond acceptors (Lipinski definition) is 3. The number of cyclic esters (lactones) is 1. The van der Waals surface area contributed by atoms with Crippen LogP contribution in [0.1, 0.15) is 6.42 Å². The van der Waals surface area contributed by atoms with Gasteiger partial charge in [0.05, 0.1) is 6.04 Å². The van der Waals surface area contributed by atoms with Gasteiger partial charge in [0.2, 0.25) is 0 Å². The summed E-state index contributed by atoms with van der Waals surface area (Å²) in [4.78, 5) is 23.1. The van der Waals surface area contributed by atoms with E-state index in [-0.39, 0.29) is 12.1 Å². The van der Waals surface area contributed by atoms with Crippen molar-refractivity contribution < 1.29 is 14.3 Å². The van der Waals surface area contributed by atoms with Crippen LogP contribution in [0.2, 0.25) is 0 Å². The number of fused-ring (bicyclic) bond motifs is 1. The van der Waals surface area contributed by atoms with E-state index in [1.807, 2.05) is 12.2 Å². The van der Waals surface area contributed by atoms with Crippen LogP contribution in [-0.2, 0) is 9.53 Å². The third-order valence-electron chi connectivity index (χ3n) is 2.17. The van der Waals surface area contributed by atoms with Crippen molar-refractivity contribution in [3.05, 3.63) is 12.2 Å². The number of hydrogen-bond donors (Lipinski definition) is 0. The molecule has 1 saturated heterocycles. The third-order valence-corrected chi connectivity index (χ3v) is 2.17.